The summed E-state index contributed by atoms with van der Waals surface area (Å²) in [6.45, 7) is 20.9. The molecular formula is C18H37NS. The minimum Gasteiger partial charge on any atom is -0.358 e. The molecule has 120 valence electrons. The van der Waals surface area contributed by atoms with Gasteiger partial charge >= 0.3 is 0 Å². The summed E-state index contributed by atoms with van der Waals surface area (Å²) in [5.74, 6) is 1.84. The Morgan fingerprint density at radius 1 is 0.950 bits per heavy atom. The van der Waals surface area contributed by atoms with Crippen molar-refractivity contribution in [1.82, 2.24) is 4.90 Å². The molecule has 0 saturated carbocycles. The lowest BCUT2D eigenvalue weighted by atomic mass is 9.71. The van der Waals surface area contributed by atoms with E-state index in [1.165, 1.54) is 12.8 Å². The second kappa shape index (κ2) is 8.36. The van der Waals surface area contributed by atoms with Crippen LogP contribution >= 0.6 is 12.2 Å². The van der Waals surface area contributed by atoms with Gasteiger partial charge in [-0.2, -0.15) is 0 Å². The Morgan fingerprint density at radius 3 is 1.65 bits per heavy atom. The standard InChI is InChI=1S/C18H37NS/c1-10-11-18(14(4)5,15(6)7)19(16(8)9)17(20)12-13(2)3/h13-16H,10-12H2,1-9H3. The first-order chi connectivity index (χ1) is 9.11. The van der Waals surface area contributed by atoms with Crippen LogP contribution in [0.15, 0.2) is 0 Å². The maximum Gasteiger partial charge on any atom is 0.0788 e. The summed E-state index contributed by atoms with van der Waals surface area (Å²) in [5, 5.41) is 0. The van der Waals surface area contributed by atoms with Crippen LogP contribution in [-0.2, 0) is 0 Å². The molecule has 0 saturated heterocycles. The van der Waals surface area contributed by atoms with E-state index < -0.39 is 0 Å². The highest BCUT2D eigenvalue weighted by atomic mass is 32.1. The molecule has 0 aromatic heterocycles. The van der Waals surface area contributed by atoms with E-state index in [4.69, 9.17) is 12.2 Å². The molecular weight excluding hydrogens is 262 g/mol. The van der Waals surface area contributed by atoms with Crippen LogP contribution in [-0.4, -0.2) is 21.5 Å². The van der Waals surface area contributed by atoms with E-state index in [1.807, 2.05) is 0 Å². The molecule has 0 amide bonds. The van der Waals surface area contributed by atoms with Gasteiger partial charge in [-0.3, -0.25) is 0 Å². The third kappa shape index (κ3) is 4.44. The van der Waals surface area contributed by atoms with Crippen LogP contribution < -0.4 is 0 Å². The van der Waals surface area contributed by atoms with Crippen molar-refractivity contribution in [2.24, 2.45) is 17.8 Å². The Morgan fingerprint density at radius 2 is 1.40 bits per heavy atom. The van der Waals surface area contributed by atoms with Gasteiger partial charge in [0.2, 0.25) is 0 Å². The SMILES string of the molecule is CCCC(C(C)C)(C(C)C)N(C(=S)CC(C)C)C(C)C. The number of hydrogen-bond acceptors (Lipinski definition) is 1. The lowest BCUT2D eigenvalue weighted by Gasteiger charge is -2.54. The van der Waals surface area contributed by atoms with E-state index >= 15 is 0 Å². The molecule has 0 aliphatic rings. The minimum absolute atomic E-state index is 0.189. The van der Waals surface area contributed by atoms with Crippen LogP contribution in [0, 0.1) is 17.8 Å². The largest absolute Gasteiger partial charge is 0.358 e. The summed E-state index contributed by atoms with van der Waals surface area (Å²) in [6, 6.07) is 0.470. The fourth-order valence-electron chi connectivity index (χ4n) is 3.77. The quantitative estimate of drug-likeness (QED) is 0.512. The van der Waals surface area contributed by atoms with E-state index in [0.717, 1.165) is 11.4 Å². The first-order valence-corrected chi connectivity index (χ1v) is 8.84. The minimum atomic E-state index is 0.189. The predicted octanol–water partition coefficient (Wildman–Crippen LogP) is 5.92. The van der Waals surface area contributed by atoms with Crippen LogP contribution in [0.25, 0.3) is 0 Å². The second-order valence-electron chi connectivity index (χ2n) is 7.51. The third-order valence-corrected chi connectivity index (χ3v) is 4.83. The molecule has 0 fully saturated rings. The van der Waals surface area contributed by atoms with Gasteiger partial charge < -0.3 is 4.90 Å². The second-order valence-corrected chi connectivity index (χ2v) is 7.98. The monoisotopic (exact) mass is 299 g/mol. The van der Waals surface area contributed by atoms with Crippen molar-refractivity contribution < 1.29 is 0 Å². The van der Waals surface area contributed by atoms with Crippen LogP contribution in [0.3, 0.4) is 0 Å². The van der Waals surface area contributed by atoms with Gasteiger partial charge in [-0.25, -0.2) is 0 Å². The number of thiocarbonyl (C=S) groups is 1. The van der Waals surface area contributed by atoms with Crippen molar-refractivity contribution in [2.75, 3.05) is 0 Å². The first-order valence-electron chi connectivity index (χ1n) is 8.43. The molecule has 0 bridgehead atoms. The molecule has 1 nitrogen and oxygen atoms in total. The van der Waals surface area contributed by atoms with Crippen molar-refractivity contribution in [3.05, 3.63) is 0 Å². The molecule has 0 aliphatic heterocycles. The lowest BCUT2D eigenvalue weighted by molar-refractivity contribution is 0.0295. The predicted molar refractivity (Wildman–Crippen MR) is 96.3 cm³/mol. The van der Waals surface area contributed by atoms with E-state index in [1.54, 1.807) is 0 Å². The fraction of sp³-hybridized carbons (Fsp3) is 0.944. The summed E-state index contributed by atoms with van der Waals surface area (Å²) < 4.78 is 0. The zero-order valence-electron chi connectivity index (χ0n) is 15.3. The van der Waals surface area contributed by atoms with Crippen molar-refractivity contribution >= 4 is 17.2 Å². The number of hydrogen-bond donors (Lipinski definition) is 0. The molecule has 2 heteroatoms. The van der Waals surface area contributed by atoms with Gasteiger partial charge in [0.25, 0.3) is 0 Å². The first kappa shape index (κ1) is 19.9. The molecule has 0 atom stereocenters. The zero-order chi connectivity index (χ0) is 16.1. The van der Waals surface area contributed by atoms with Crippen LogP contribution in [0.5, 0.6) is 0 Å². The van der Waals surface area contributed by atoms with Gasteiger partial charge in [0, 0.05) is 18.0 Å². The summed E-state index contributed by atoms with van der Waals surface area (Å²) in [5.41, 5.74) is 0.189. The van der Waals surface area contributed by atoms with Crippen LogP contribution in [0.1, 0.15) is 81.6 Å². The van der Waals surface area contributed by atoms with Crippen LogP contribution in [0.4, 0.5) is 0 Å². The number of rotatable bonds is 8. The molecule has 0 aromatic carbocycles. The Hall–Kier alpha value is -0.110. The molecule has 0 heterocycles. The summed E-state index contributed by atoms with van der Waals surface area (Å²) in [6.07, 6.45) is 3.46. The Balaban J connectivity index is 5.70. The highest BCUT2D eigenvalue weighted by molar-refractivity contribution is 7.80. The van der Waals surface area contributed by atoms with Crippen molar-refractivity contribution in [3.63, 3.8) is 0 Å². The molecule has 0 aromatic rings. The zero-order valence-corrected chi connectivity index (χ0v) is 16.1. The molecule has 0 N–H and O–H groups in total. The van der Waals surface area contributed by atoms with Gasteiger partial charge in [0.1, 0.15) is 0 Å². The van der Waals surface area contributed by atoms with Gasteiger partial charge in [0.15, 0.2) is 0 Å². The maximum absolute atomic E-state index is 5.85. The molecule has 0 spiro atoms. The molecule has 0 aliphatic carbocycles. The van der Waals surface area contributed by atoms with Crippen molar-refractivity contribution in [1.29, 1.82) is 0 Å². The molecule has 20 heavy (non-hydrogen) atoms. The van der Waals surface area contributed by atoms with Crippen LogP contribution in [0.2, 0.25) is 0 Å². The van der Waals surface area contributed by atoms with Gasteiger partial charge in [-0.1, -0.05) is 67.1 Å². The van der Waals surface area contributed by atoms with E-state index in [2.05, 4.69) is 67.2 Å². The molecule has 0 radical (unpaired) electrons. The summed E-state index contributed by atoms with van der Waals surface area (Å²) in [7, 11) is 0. The topological polar surface area (TPSA) is 3.24 Å². The highest BCUT2D eigenvalue weighted by Crippen LogP contribution is 2.39. The maximum atomic E-state index is 5.85. The van der Waals surface area contributed by atoms with Crippen molar-refractivity contribution in [2.45, 2.75) is 93.2 Å². The van der Waals surface area contributed by atoms with E-state index in [9.17, 15) is 0 Å². The van der Waals surface area contributed by atoms with Gasteiger partial charge in [0.05, 0.1) is 4.99 Å². The van der Waals surface area contributed by atoms with Crippen molar-refractivity contribution in [3.8, 4) is 0 Å². The van der Waals surface area contributed by atoms with Gasteiger partial charge in [-0.05, 0) is 38.0 Å². The van der Waals surface area contributed by atoms with E-state index in [-0.39, 0.29) is 5.54 Å². The average molecular weight is 300 g/mol. The Kier molecular flexibility index (Phi) is 8.32. The Labute approximate surface area is 133 Å². The smallest absolute Gasteiger partial charge is 0.0788 e. The fourth-order valence-corrected chi connectivity index (χ4v) is 4.48. The highest BCUT2D eigenvalue weighted by Gasteiger charge is 2.43. The lowest BCUT2D eigenvalue weighted by Crippen LogP contribution is -2.60. The summed E-state index contributed by atoms with van der Waals surface area (Å²) >= 11 is 5.85. The average Bonchev–Trinajstić information content (AvgIpc) is 2.25. The molecule has 0 rings (SSSR count). The third-order valence-electron chi connectivity index (χ3n) is 4.47. The van der Waals surface area contributed by atoms with Gasteiger partial charge in [-0.15, -0.1) is 0 Å². The number of nitrogens with zero attached hydrogens (tertiary/aromatic N) is 1. The molecule has 0 unspecified atom stereocenters. The summed E-state index contributed by atoms with van der Waals surface area (Å²) in [4.78, 5) is 3.74. The Bertz CT molecular complexity index is 284. The van der Waals surface area contributed by atoms with E-state index in [0.29, 0.717) is 23.8 Å². The normalized spacial score (nSPS) is 12.8.